The van der Waals surface area contributed by atoms with E-state index in [9.17, 15) is 4.79 Å². The highest BCUT2D eigenvalue weighted by atomic mass is 16.5. The lowest BCUT2D eigenvalue weighted by Crippen LogP contribution is -2.53. The van der Waals surface area contributed by atoms with Gasteiger partial charge in [0.2, 0.25) is 0 Å². The zero-order valence-electron chi connectivity index (χ0n) is 15.5. The lowest BCUT2D eigenvalue weighted by molar-refractivity contribution is -0.134. The Balaban J connectivity index is 1.69. The highest BCUT2D eigenvalue weighted by Crippen LogP contribution is 2.34. The smallest absolute Gasteiger partial charge is 0.257 e. The zero-order valence-corrected chi connectivity index (χ0v) is 15.5. The quantitative estimate of drug-likeness (QED) is 0.776. The molecule has 2 N–H and O–H groups in total. The average Bonchev–Trinajstić information content (AvgIpc) is 2.85. The van der Waals surface area contributed by atoms with E-state index in [1.165, 1.54) is 42.6 Å². The van der Waals surface area contributed by atoms with Crippen molar-refractivity contribution in [2.24, 2.45) is 5.92 Å². The number of amides is 1. The molecule has 0 aromatic rings. The standard InChI is InChI=1S/C20H31N3O2/c1-3-15-10-7-11-17(12-15)25-14-20(13-16-8-5-4-6-9-16)18(24)23(2)19(21)22-20/h7,10-11,16-17H,3-6,8-9,12-14H2,1-2H3,(H2,21,22). The number of rotatable bonds is 6. The first kappa shape index (κ1) is 18.2. The number of hydrogen-bond donors (Lipinski definition) is 2. The maximum absolute atomic E-state index is 12.9. The number of allylic oxidation sites excluding steroid dienone is 2. The van der Waals surface area contributed by atoms with Crippen LogP contribution in [0.5, 0.6) is 0 Å². The Morgan fingerprint density at radius 1 is 1.36 bits per heavy atom. The number of guanidine groups is 1. The van der Waals surface area contributed by atoms with Crippen molar-refractivity contribution >= 4 is 11.9 Å². The second kappa shape index (κ2) is 7.73. The third kappa shape index (κ3) is 3.97. The first-order valence-corrected chi connectivity index (χ1v) is 9.67. The van der Waals surface area contributed by atoms with Gasteiger partial charge in [0.05, 0.1) is 12.7 Å². The van der Waals surface area contributed by atoms with Crippen molar-refractivity contribution in [3.63, 3.8) is 0 Å². The maximum Gasteiger partial charge on any atom is 0.257 e. The van der Waals surface area contributed by atoms with Gasteiger partial charge in [-0.05, 0) is 25.2 Å². The minimum Gasteiger partial charge on any atom is -0.371 e. The summed E-state index contributed by atoms with van der Waals surface area (Å²) >= 11 is 0. The SMILES string of the molecule is CCC1=CC=CC(OCC2(CC3CCCCC3)NC(=N)N(C)C2=O)C1. The Labute approximate surface area is 151 Å². The summed E-state index contributed by atoms with van der Waals surface area (Å²) in [6, 6.07) is 0. The Morgan fingerprint density at radius 3 is 2.76 bits per heavy atom. The number of carbonyl (C=O) groups excluding carboxylic acids is 1. The van der Waals surface area contributed by atoms with Crippen molar-refractivity contribution in [2.75, 3.05) is 13.7 Å². The van der Waals surface area contributed by atoms with Crippen LogP contribution in [0.15, 0.2) is 23.8 Å². The molecule has 1 saturated heterocycles. The van der Waals surface area contributed by atoms with Gasteiger partial charge in [0, 0.05) is 7.05 Å². The predicted molar refractivity (Wildman–Crippen MR) is 99.4 cm³/mol. The van der Waals surface area contributed by atoms with E-state index in [2.05, 4.69) is 30.5 Å². The largest absolute Gasteiger partial charge is 0.371 e. The number of nitrogens with zero attached hydrogens (tertiary/aromatic N) is 1. The normalized spacial score (nSPS) is 30.6. The molecule has 2 unspecified atom stereocenters. The lowest BCUT2D eigenvalue weighted by atomic mass is 9.79. The van der Waals surface area contributed by atoms with Crippen molar-refractivity contribution in [1.29, 1.82) is 5.41 Å². The van der Waals surface area contributed by atoms with E-state index in [0.29, 0.717) is 12.5 Å². The lowest BCUT2D eigenvalue weighted by Gasteiger charge is -2.34. The molecule has 0 aromatic heterocycles. The van der Waals surface area contributed by atoms with Crippen LogP contribution >= 0.6 is 0 Å². The molecule has 2 fully saturated rings. The number of likely N-dealkylation sites (N-methyl/N-ethyl adjacent to an activating group) is 1. The van der Waals surface area contributed by atoms with E-state index in [4.69, 9.17) is 10.1 Å². The van der Waals surface area contributed by atoms with Gasteiger partial charge in [0.15, 0.2) is 5.96 Å². The van der Waals surface area contributed by atoms with Crippen LogP contribution in [0.4, 0.5) is 0 Å². The summed E-state index contributed by atoms with van der Waals surface area (Å²) in [6.07, 6.45) is 15.2. The highest BCUT2D eigenvalue weighted by molar-refractivity contribution is 6.07. The summed E-state index contributed by atoms with van der Waals surface area (Å²) in [5.74, 6) is 0.716. The molecule has 25 heavy (non-hydrogen) atoms. The van der Waals surface area contributed by atoms with Crippen LogP contribution in [-0.2, 0) is 9.53 Å². The minimum atomic E-state index is -0.769. The fraction of sp³-hybridized carbons (Fsp3) is 0.700. The molecule has 138 valence electrons. The van der Waals surface area contributed by atoms with Crippen LogP contribution in [0.25, 0.3) is 0 Å². The summed E-state index contributed by atoms with van der Waals surface area (Å²) in [5.41, 5.74) is 0.610. The van der Waals surface area contributed by atoms with E-state index in [1.807, 2.05) is 0 Å². The highest BCUT2D eigenvalue weighted by Gasteiger charge is 2.49. The Kier molecular flexibility index (Phi) is 5.62. The molecule has 2 atom stereocenters. The van der Waals surface area contributed by atoms with Crippen molar-refractivity contribution in [3.05, 3.63) is 23.8 Å². The Hall–Kier alpha value is -1.62. The van der Waals surface area contributed by atoms with Crippen LogP contribution in [0, 0.1) is 11.3 Å². The summed E-state index contributed by atoms with van der Waals surface area (Å²) in [6.45, 7) is 2.49. The molecule has 1 aliphatic heterocycles. The van der Waals surface area contributed by atoms with E-state index in [-0.39, 0.29) is 18.0 Å². The summed E-state index contributed by atoms with van der Waals surface area (Å²) in [4.78, 5) is 14.3. The van der Waals surface area contributed by atoms with E-state index >= 15 is 0 Å². The minimum absolute atomic E-state index is 0.0193. The van der Waals surface area contributed by atoms with Crippen molar-refractivity contribution in [1.82, 2.24) is 10.2 Å². The van der Waals surface area contributed by atoms with Crippen LogP contribution in [0.1, 0.15) is 58.3 Å². The molecule has 3 rings (SSSR count). The molecular formula is C20H31N3O2. The van der Waals surface area contributed by atoms with Gasteiger partial charge in [-0.15, -0.1) is 0 Å². The molecule has 5 nitrogen and oxygen atoms in total. The molecule has 3 aliphatic rings. The summed E-state index contributed by atoms with van der Waals surface area (Å²) in [7, 11) is 1.68. The number of nitrogens with one attached hydrogen (secondary N) is 2. The first-order valence-electron chi connectivity index (χ1n) is 9.67. The zero-order chi connectivity index (χ0) is 17.9. The summed E-state index contributed by atoms with van der Waals surface area (Å²) < 4.78 is 6.18. The van der Waals surface area contributed by atoms with Crippen LogP contribution < -0.4 is 5.32 Å². The second-order valence-electron chi connectivity index (χ2n) is 7.74. The summed E-state index contributed by atoms with van der Waals surface area (Å²) in [5, 5.41) is 11.2. The van der Waals surface area contributed by atoms with E-state index < -0.39 is 5.54 Å². The van der Waals surface area contributed by atoms with Gasteiger partial charge in [-0.25, -0.2) is 0 Å². The van der Waals surface area contributed by atoms with Crippen LogP contribution in [0.3, 0.4) is 0 Å². The van der Waals surface area contributed by atoms with E-state index in [0.717, 1.165) is 19.3 Å². The van der Waals surface area contributed by atoms with Gasteiger partial charge >= 0.3 is 0 Å². The van der Waals surface area contributed by atoms with Crippen LogP contribution in [0.2, 0.25) is 0 Å². The third-order valence-corrected chi connectivity index (χ3v) is 5.89. The van der Waals surface area contributed by atoms with Crippen molar-refractivity contribution in [2.45, 2.75) is 69.9 Å². The van der Waals surface area contributed by atoms with Crippen molar-refractivity contribution < 1.29 is 9.53 Å². The molecule has 0 radical (unpaired) electrons. The molecule has 5 heteroatoms. The van der Waals surface area contributed by atoms with Gasteiger partial charge < -0.3 is 10.1 Å². The second-order valence-corrected chi connectivity index (χ2v) is 7.74. The molecule has 0 spiro atoms. The topological polar surface area (TPSA) is 65.4 Å². The van der Waals surface area contributed by atoms with Gasteiger partial charge in [-0.3, -0.25) is 15.1 Å². The molecule has 1 heterocycles. The molecule has 1 amide bonds. The van der Waals surface area contributed by atoms with Crippen LogP contribution in [-0.4, -0.2) is 42.1 Å². The van der Waals surface area contributed by atoms with E-state index in [1.54, 1.807) is 7.05 Å². The predicted octanol–water partition coefficient (Wildman–Crippen LogP) is 3.37. The molecule has 2 aliphatic carbocycles. The number of ether oxygens (including phenoxy) is 1. The average molecular weight is 345 g/mol. The van der Waals surface area contributed by atoms with Gasteiger partial charge in [0.25, 0.3) is 5.91 Å². The first-order chi connectivity index (χ1) is 12.0. The molecule has 1 saturated carbocycles. The number of carbonyl (C=O) groups is 1. The Morgan fingerprint density at radius 2 is 2.12 bits per heavy atom. The fourth-order valence-corrected chi connectivity index (χ4v) is 4.30. The van der Waals surface area contributed by atoms with Gasteiger partial charge in [-0.2, -0.15) is 0 Å². The fourth-order valence-electron chi connectivity index (χ4n) is 4.30. The molecule has 0 aromatic carbocycles. The molecule has 0 bridgehead atoms. The van der Waals surface area contributed by atoms with Gasteiger partial charge in [0.1, 0.15) is 5.54 Å². The van der Waals surface area contributed by atoms with Crippen molar-refractivity contribution in [3.8, 4) is 0 Å². The van der Waals surface area contributed by atoms with Gasteiger partial charge in [-0.1, -0.05) is 62.8 Å². The maximum atomic E-state index is 12.9. The number of hydrogen-bond acceptors (Lipinski definition) is 3. The monoisotopic (exact) mass is 345 g/mol. The Bertz CT molecular complexity index is 577. The third-order valence-electron chi connectivity index (χ3n) is 5.89. The molecular weight excluding hydrogens is 314 g/mol.